The number of hydrogen-bond donors (Lipinski definition) is 4. The SMILES string of the molecule is CNC(=O)c1c(-c2ccc(F)cc2)oc2nc(C(N)CN)c(-c3cccc(C(=O)O)c3)cc12. The molecule has 4 rings (SSSR count). The highest BCUT2D eigenvalue weighted by Crippen LogP contribution is 2.37. The van der Waals surface area contributed by atoms with Crippen LogP contribution >= 0.6 is 0 Å². The molecule has 6 N–H and O–H groups in total. The largest absolute Gasteiger partial charge is 0.478 e. The fourth-order valence-electron chi connectivity index (χ4n) is 3.64. The number of fused-ring (bicyclic) bond motifs is 1. The number of carbonyl (C=O) groups is 2. The van der Waals surface area contributed by atoms with Gasteiger partial charge in [-0.15, -0.1) is 0 Å². The third-order valence-electron chi connectivity index (χ3n) is 5.30. The van der Waals surface area contributed by atoms with Crippen molar-refractivity contribution in [2.24, 2.45) is 11.5 Å². The van der Waals surface area contributed by atoms with E-state index in [1.165, 1.54) is 43.4 Å². The van der Waals surface area contributed by atoms with Crippen LogP contribution in [-0.2, 0) is 0 Å². The minimum atomic E-state index is -1.08. The Morgan fingerprint density at radius 1 is 1.15 bits per heavy atom. The second-order valence-corrected chi connectivity index (χ2v) is 7.39. The number of carbonyl (C=O) groups excluding carboxylic acids is 1. The molecule has 0 fully saturated rings. The number of amides is 1. The van der Waals surface area contributed by atoms with Crippen LogP contribution in [0.3, 0.4) is 0 Å². The Morgan fingerprint density at radius 3 is 2.52 bits per heavy atom. The van der Waals surface area contributed by atoms with Gasteiger partial charge in [0.25, 0.3) is 5.91 Å². The maximum absolute atomic E-state index is 13.5. The number of pyridine rings is 1. The highest BCUT2D eigenvalue weighted by atomic mass is 19.1. The van der Waals surface area contributed by atoms with E-state index >= 15 is 0 Å². The van der Waals surface area contributed by atoms with Gasteiger partial charge in [0.05, 0.1) is 28.2 Å². The quantitative estimate of drug-likeness (QED) is 0.354. The van der Waals surface area contributed by atoms with Gasteiger partial charge in [0.2, 0.25) is 5.71 Å². The van der Waals surface area contributed by atoms with Crippen molar-refractivity contribution in [2.45, 2.75) is 6.04 Å². The molecule has 1 amide bonds. The van der Waals surface area contributed by atoms with E-state index in [1.807, 2.05) is 0 Å². The van der Waals surface area contributed by atoms with Crippen molar-refractivity contribution < 1.29 is 23.5 Å². The average molecular weight is 448 g/mol. The van der Waals surface area contributed by atoms with Crippen molar-refractivity contribution in [2.75, 3.05) is 13.6 Å². The molecule has 0 saturated carbocycles. The van der Waals surface area contributed by atoms with Crippen LogP contribution in [-0.4, -0.2) is 35.6 Å². The van der Waals surface area contributed by atoms with E-state index in [0.29, 0.717) is 27.8 Å². The first-order valence-corrected chi connectivity index (χ1v) is 10.1. The van der Waals surface area contributed by atoms with E-state index < -0.39 is 23.7 Å². The molecule has 0 saturated heterocycles. The first-order valence-electron chi connectivity index (χ1n) is 10.1. The molecule has 1 unspecified atom stereocenters. The van der Waals surface area contributed by atoms with Crippen LogP contribution < -0.4 is 16.8 Å². The molecule has 0 bridgehead atoms. The summed E-state index contributed by atoms with van der Waals surface area (Å²) in [5.74, 6) is -1.70. The molecule has 8 nitrogen and oxygen atoms in total. The van der Waals surface area contributed by atoms with E-state index in [4.69, 9.17) is 15.9 Å². The van der Waals surface area contributed by atoms with Gasteiger partial charge in [-0.3, -0.25) is 4.79 Å². The molecule has 0 aliphatic heterocycles. The number of benzene rings is 2. The number of furan rings is 1. The standard InChI is InChI=1S/C24H21FN4O4/c1-28-22(30)19-17-10-16(13-3-2-4-14(9-13)24(31)32)20(18(27)11-26)29-23(17)33-21(19)12-5-7-15(25)8-6-12/h2-10,18H,11,26-27H2,1H3,(H,28,30)(H,31,32). The van der Waals surface area contributed by atoms with Crippen molar-refractivity contribution in [3.8, 4) is 22.5 Å². The molecule has 9 heteroatoms. The first-order chi connectivity index (χ1) is 15.8. The molecule has 0 spiro atoms. The lowest BCUT2D eigenvalue weighted by molar-refractivity contribution is 0.0696. The van der Waals surface area contributed by atoms with Gasteiger partial charge in [0.15, 0.2) is 0 Å². The van der Waals surface area contributed by atoms with Gasteiger partial charge < -0.3 is 26.3 Å². The summed E-state index contributed by atoms with van der Waals surface area (Å²) in [6.07, 6.45) is 0. The fourth-order valence-corrected chi connectivity index (χ4v) is 3.64. The zero-order chi connectivity index (χ0) is 23.7. The topological polar surface area (TPSA) is 144 Å². The Hall–Kier alpha value is -4.08. The maximum Gasteiger partial charge on any atom is 0.335 e. The molecule has 168 valence electrons. The van der Waals surface area contributed by atoms with Gasteiger partial charge in [-0.05, 0) is 48.0 Å². The Bertz CT molecular complexity index is 1370. The maximum atomic E-state index is 13.5. The van der Waals surface area contributed by atoms with Gasteiger partial charge >= 0.3 is 5.97 Å². The van der Waals surface area contributed by atoms with E-state index in [0.717, 1.165) is 0 Å². The Balaban J connectivity index is 2.04. The van der Waals surface area contributed by atoms with Gasteiger partial charge in [-0.25, -0.2) is 14.2 Å². The van der Waals surface area contributed by atoms with Crippen molar-refractivity contribution in [1.82, 2.24) is 10.3 Å². The molecule has 1 atom stereocenters. The van der Waals surface area contributed by atoms with Crippen LogP contribution in [0.5, 0.6) is 0 Å². The zero-order valence-electron chi connectivity index (χ0n) is 17.6. The average Bonchev–Trinajstić information content (AvgIpc) is 3.21. The Labute approximate surface area is 188 Å². The lowest BCUT2D eigenvalue weighted by Crippen LogP contribution is -2.23. The number of nitrogens with two attached hydrogens (primary N) is 2. The summed E-state index contributed by atoms with van der Waals surface area (Å²) in [5, 5.41) is 12.4. The number of nitrogens with one attached hydrogen (secondary N) is 1. The van der Waals surface area contributed by atoms with Crippen LogP contribution in [0, 0.1) is 5.82 Å². The highest BCUT2D eigenvalue weighted by Gasteiger charge is 2.25. The van der Waals surface area contributed by atoms with Crippen LogP contribution in [0.1, 0.15) is 32.5 Å². The van der Waals surface area contributed by atoms with Gasteiger partial charge in [-0.1, -0.05) is 12.1 Å². The number of halogens is 1. The van der Waals surface area contributed by atoms with Crippen molar-refractivity contribution in [1.29, 1.82) is 0 Å². The minimum Gasteiger partial charge on any atom is -0.478 e. The van der Waals surface area contributed by atoms with E-state index in [1.54, 1.807) is 18.2 Å². The predicted molar refractivity (Wildman–Crippen MR) is 121 cm³/mol. The molecule has 2 aromatic heterocycles. The normalized spacial score (nSPS) is 12.0. The minimum absolute atomic E-state index is 0.0813. The smallest absolute Gasteiger partial charge is 0.335 e. The lowest BCUT2D eigenvalue weighted by atomic mass is 9.96. The molecule has 2 heterocycles. The first kappa shape index (κ1) is 22.1. The molecule has 0 aliphatic carbocycles. The number of carboxylic acid groups (broad SMARTS) is 1. The van der Waals surface area contributed by atoms with Crippen molar-refractivity contribution in [3.05, 3.63) is 77.2 Å². The van der Waals surface area contributed by atoms with Crippen LogP contribution in [0.15, 0.2) is 59.0 Å². The third-order valence-corrected chi connectivity index (χ3v) is 5.30. The van der Waals surface area contributed by atoms with E-state index in [-0.39, 0.29) is 29.1 Å². The number of carboxylic acids is 1. The Morgan fingerprint density at radius 2 is 1.88 bits per heavy atom. The van der Waals surface area contributed by atoms with E-state index in [2.05, 4.69) is 10.3 Å². The summed E-state index contributed by atoms with van der Waals surface area (Å²) in [6, 6.07) is 12.9. The van der Waals surface area contributed by atoms with Crippen molar-refractivity contribution in [3.63, 3.8) is 0 Å². The zero-order valence-corrected chi connectivity index (χ0v) is 17.6. The monoisotopic (exact) mass is 448 g/mol. The van der Waals surface area contributed by atoms with Gasteiger partial charge in [-0.2, -0.15) is 0 Å². The lowest BCUT2D eigenvalue weighted by Gasteiger charge is -2.14. The molecule has 4 aromatic rings. The summed E-state index contributed by atoms with van der Waals surface area (Å²) >= 11 is 0. The van der Waals surface area contributed by atoms with Crippen LogP contribution in [0.2, 0.25) is 0 Å². The number of hydrogen-bond acceptors (Lipinski definition) is 6. The van der Waals surface area contributed by atoms with Crippen molar-refractivity contribution >= 4 is 23.0 Å². The summed E-state index contributed by atoms with van der Waals surface area (Å²) < 4.78 is 19.4. The van der Waals surface area contributed by atoms with Gasteiger partial charge in [0, 0.05) is 24.7 Å². The Kier molecular flexibility index (Phi) is 5.91. The molecule has 2 aromatic carbocycles. The predicted octanol–water partition coefficient (Wildman–Crippen LogP) is 3.32. The molecular formula is C24H21FN4O4. The summed E-state index contributed by atoms with van der Waals surface area (Å²) in [7, 11) is 1.49. The fraction of sp³-hybridized carbons (Fsp3) is 0.125. The summed E-state index contributed by atoms with van der Waals surface area (Å²) in [6.45, 7) is 0.0813. The third kappa shape index (κ3) is 4.07. The molecule has 0 radical (unpaired) electrons. The highest BCUT2D eigenvalue weighted by molar-refractivity contribution is 6.11. The summed E-state index contributed by atoms with van der Waals surface area (Å²) in [4.78, 5) is 28.9. The summed E-state index contributed by atoms with van der Waals surface area (Å²) in [5.41, 5.74) is 14.4. The second-order valence-electron chi connectivity index (χ2n) is 7.39. The van der Waals surface area contributed by atoms with Crippen LogP contribution in [0.4, 0.5) is 4.39 Å². The number of nitrogens with zero attached hydrogens (tertiary/aromatic N) is 1. The number of aromatic nitrogens is 1. The van der Waals surface area contributed by atoms with E-state index in [9.17, 15) is 19.1 Å². The van der Waals surface area contributed by atoms with Crippen LogP contribution in [0.25, 0.3) is 33.6 Å². The molecule has 33 heavy (non-hydrogen) atoms. The molecule has 0 aliphatic rings. The second kappa shape index (κ2) is 8.81. The molecular weight excluding hydrogens is 427 g/mol. The number of rotatable bonds is 6. The van der Waals surface area contributed by atoms with Gasteiger partial charge in [0.1, 0.15) is 11.6 Å². The number of aromatic carboxylic acids is 1.